The minimum Gasteiger partial charge on any atom is -0.399 e. The number of amides is 2. The van der Waals surface area contributed by atoms with Crippen molar-refractivity contribution >= 4 is 23.2 Å². The third-order valence-corrected chi connectivity index (χ3v) is 2.71. The molecule has 5 N–H and O–H groups in total. The Bertz CT molecular complexity index is 461. The smallest absolute Gasteiger partial charge is 0.250 e. The van der Waals surface area contributed by atoms with Crippen LogP contribution in [-0.4, -0.2) is 17.9 Å². The van der Waals surface area contributed by atoms with E-state index < -0.39 is 6.04 Å². The van der Waals surface area contributed by atoms with E-state index in [1.54, 1.807) is 24.3 Å². The molecule has 0 bridgehead atoms. The van der Waals surface area contributed by atoms with Gasteiger partial charge in [-0.3, -0.25) is 19.9 Å². The van der Waals surface area contributed by atoms with E-state index in [9.17, 15) is 9.59 Å². The molecular formula is C11H14N4O2. The molecule has 0 spiro atoms. The van der Waals surface area contributed by atoms with Gasteiger partial charge in [-0.2, -0.15) is 0 Å². The van der Waals surface area contributed by atoms with Gasteiger partial charge in [0, 0.05) is 12.1 Å². The summed E-state index contributed by atoms with van der Waals surface area (Å²) in [4.78, 5) is 22.6. The van der Waals surface area contributed by atoms with Gasteiger partial charge in [0.05, 0.1) is 5.69 Å². The number of nitrogens with one attached hydrogen (secondary N) is 1. The molecule has 1 unspecified atom stereocenters. The van der Waals surface area contributed by atoms with Crippen LogP contribution in [-0.2, 0) is 9.59 Å². The topological polar surface area (TPSA) is 101 Å². The molecule has 0 aromatic heterocycles. The summed E-state index contributed by atoms with van der Waals surface area (Å²) in [6.45, 7) is 0. The van der Waals surface area contributed by atoms with Crippen LogP contribution < -0.4 is 21.9 Å². The molecule has 1 aliphatic rings. The summed E-state index contributed by atoms with van der Waals surface area (Å²) in [7, 11) is 0. The first-order valence-electron chi connectivity index (χ1n) is 5.31. The van der Waals surface area contributed by atoms with E-state index in [1.165, 1.54) is 5.01 Å². The standard InChI is InChI=1S/C11H14N4O2/c12-7-2-1-3-8(6-7)15(13)9-4-5-10(16)14-11(9)17/h1-3,6,9H,4-5,12-13H2,(H,14,16,17). The zero-order chi connectivity index (χ0) is 12.4. The van der Waals surface area contributed by atoms with Crippen molar-refractivity contribution in [2.75, 3.05) is 10.7 Å². The number of nitrogen functional groups attached to an aromatic ring is 1. The van der Waals surface area contributed by atoms with Crippen molar-refractivity contribution < 1.29 is 9.59 Å². The predicted molar refractivity (Wildman–Crippen MR) is 63.7 cm³/mol. The SMILES string of the molecule is Nc1cccc(N(N)C2CCC(=O)NC2=O)c1. The maximum Gasteiger partial charge on any atom is 0.250 e. The molecule has 1 heterocycles. The van der Waals surface area contributed by atoms with Crippen molar-refractivity contribution in [3.63, 3.8) is 0 Å². The lowest BCUT2D eigenvalue weighted by molar-refractivity contribution is -0.134. The molecule has 1 aliphatic heterocycles. The number of hydrogen-bond acceptors (Lipinski definition) is 5. The maximum absolute atomic E-state index is 11.6. The third kappa shape index (κ3) is 2.36. The monoisotopic (exact) mass is 234 g/mol. The largest absolute Gasteiger partial charge is 0.399 e. The Hall–Kier alpha value is -2.08. The molecular weight excluding hydrogens is 220 g/mol. The number of hydrogen-bond donors (Lipinski definition) is 3. The van der Waals surface area contributed by atoms with Crippen LogP contribution >= 0.6 is 0 Å². The van der Waals surface area contributed by atoms with E-state index >= 15 is 0 Å². The summed E-state index contributed by atoms with van der Waals surface area (Å²) in [6, 6.07) is 6.41. The highest BCUT2D eigenvalue weighted by atomic mass is 16.2. The highest BCUT2D eigenvalue weighted by Gasteiger charge is 2.30. The number of hydrazine groups is 1. The van der Waals surface area contributed by atoms with Crippen molar-refractivity contribution in [3.8, 4) is 0 Å². The van der Waals surface area contributed by atoms with E-state index in [0.717, 1.165) is 0 Å². The Morgan fingerprint density at radius 3 is 2.76 bits per heavy atom. The summed E-state index contributed by atoms with van der Waals surface area (Å²) >= 11 is 0. The first kappa shape index (κ1) is 11.4. The van der Waals surface area contributed by atoms with Gasteiger partial charge in [-0.25, -0.2) is 5.84 Å². The first-order valence-corrected chi connectivity index (χ1v) is 5.31. The van der Waals surface area contributed by atoms with Crippen LogP contribution in [0.15, 0.2) is 24.3 Å². The first-order chi connectivity index (χ1) is 8.08. The van der Waals surface area contributed by atoms with Crippen LogP contribution in [0.2, 0.25) is 0 Å². The normalized spacial score (nSPS) is 19.9. The number of nitrogens with zero attached hydrogens (tertiary/aromatic N) is 1. The Labute approximate surface area is 98.5 Å². The average molecular weight is 234 g/mol. The molecule has 0 radical (unpaired) electrons. The van der Waals surface area contributed by atoms with Gasteiger partial charge in [0.2, 0.25) is 5.91 Å². The number of benzene rings is 1. The summed E-state index contributed by atoms with van der Waals surface area (Å²) in [5.74, 6) is 5.25. The van der Waals surface area contributed by atoms with E-state index in [4.69, 9.17) is 11.6 Å². The molecule has 2 amide bonds. The van der Waals surface area contributed by atoms with E-state index in [-0.39, 0.29) is 11.8 Å². The fraction of sp³-hybridized carbons (Fsp3) is 0.273. The van der Waals surface area contributed by atoms with Crippen molar-refractivity contribution in [2.24, 2.45) is 5.84 Å². The predicted octanol–water partition coefficient (Wildman–Crippen LogP) is -0.246. The Balaban J connectivity index is 2.17. The van der Waals surface area contributed by atoms with Crippen LogP contribution in [0, 0.1) is 0 Å². The molecule has 0 aliphatic carbocycles. The molecule has 1 aromatic rings. The van der Waals surface area contributed by atoms with E-state index in [0.29, 0.717) is 24.2 Å². The number of anilines is 2. The van der Waals surface area contributed by atoms with Crippen LogP contribution in [0.5, 0.6) is 0 Å². The third-order valence-electron chi connectivity index (χ3n) is 2.71. The molecule has 1 aromatic carbocycles. The molecule has 17 heavy (non-hydrogen) atoms. The lowest BCUT2D eigenvalue weighted by Crippen LogP contribution is -2.55. The van der Waals surface area contributed by atoms with Gasteiger partial charge in [-0.1, -0.05) is 6.07 Å². The minimum atomic E-state index is -0.533. The zero-order valence-corrected chi connectivity index (χ0v) is 9.22. The van der Waals surface area contributed by atoms with Crippen LogP contribution in [0.4, 0.5) is 11.4 Å². The maximum atomic E-state index is 11.6. The second-order valence-corrected chi connectivity index (χ2v) is 3.97. The molecule has 1 atom stereocenters. The zero-order valence-electron chi connectivity index (χ0n) is 9.22. The molecule has 90 valence electrons. The summed E-state index contributed by atoms with van der Waals surface area (Å²) in [5.41, 5.74) is 6.87. The van der Waals surface area contributed by atoms with Crippen molar-refractivity contribution in [1.82, 2.24) is 5.32 Å². The number of carbonyl (C=O) groups excluding carboxylic acids is 2. The van der Waals surface area contributed by atoms with Gasteiger partial charge in [0.15, 0.2) is 0 Å². The molecule has 1 saturated heterocycles. The highest BCUT2D eigenvalue weighted by Crippen LogP contribution is 2.20. The van der Waals surface area contributed by atoms with Gasteiger partial charge < -0.3 is 5.73 Å². The lowest BCUT2D eigenvalue weighted by Gasteiger charge is -2.30. The van der Waals surface area contributed by atoms with Gasteiger partial charge in [0.1, 0.15) is 6.04 Å². The van der Waals surface area contributed by atoms with Gasteiger partial charge in [-0.05, 0) is 24.6 Å². The number of piperidine rings is 1. The fourth-order valence-electron chi connectivity index (χ4n) is 1.81. The minimum absolute atomic E-state index is 0.257. The second kappa shape index (κ2) is 4.42. The van der Waals surface area contributed by atoms with Gasteiger partial charge in [-0.15, -0.1) is 0 Å². The molecule has 6 heteroatoms. The Kier molecular flexibility index (Phi) is 2.97. The van der Waals surface area contributed by atoms with Gasteiger partial charge in [0.25, 0.3) is 5.91 Å². The lowest BCUT2D eigenvalue weighted by atomic mass is 10.1. The highest BCUT2D eigenvalue weighted by molar-refractivity contribution is 6.01. The van der Waals surface area contributed by atoms with Crippen LogP contribution in [0.1, 0.15) is 12.8 Å². The number of rotatable bonds is 2. The summed E-state index contributed by atoms with van der Waals surface area (Å²) in [6.07, 6.45) is 0.711. The second-order valence-electron chi connectivity index (χ2n) is 3.97. The van der Waals surface area contributed by atoms with Crippen molar-refractivity contribution in [1.29, 1.82) is 0 Å². The van der Waals surface area contributed by atoms with Crippen molar-refractivity contribution in [2.45, 2.75) is 18.9 Å². The number of carbonyl (C=O) groups is 2. The number of nitrogens with two attached hydrogens (primary N) is 2. The van der Waals surface area contributed by atoms with E-state index in [2.05, 4.69) is 5.32 Å². The molecule has 2 rings (SSSR count). The summed E-state index contributed by atoms with van der Waals surface area (Å²) in [5, 5.41) is 3.61. The quantitative estimate of drug-likeness (QED) is 0.283. The van der Waals surface area contributed by atoms with Crippen LogP contribution in [0.3, 0.4) is 0 Å². The van der Waals surface area contributed by atoms with E-state index in [1.807, 2.05) is 0 Å². The Morgan fingerprint density at radius 1 is 1.35 bits per heavy atom. The molecule has 1 fully saturated rings. The fourth-order valence-corrected chi connectivity index (χ4v) is 1.81. The summed E-state index contributed by atoms with van der Waals surface area (Å²) < 4.78 is 0. The average Bonchev–Trinajstić information content (AvgIpc) is 2.28. The number of imide groups is 1. The Morgan fingerprint density at radius 2 is 2.12 bits per heavy atom. The molecule has 0 saturated carbocycles. The van der Waals surface area contributed by atoms with Gasteiger partial charge >= 0.3 is 0 Å². The van der Waals surface area contributed by atoms with Crippen molar-refractivity contribution in [3.05, 3.63) is 24.3 Å². The molecule has 6 nitrogen and oxygen atoms in total. The van der Waals surface area contributed by atoms with Crippen LogP contribution in [0.25, 0.3) is 0 Å².